The van der Waals surface area contributed by atoms with Crippen LogP contribution in [-0.2, 0) is 6.18 Å². The Morgan fingerprint density at radius 2 is 1.62 bits per heavy atom. The minimum absolute atomic E-state index is 0.109. The molecule has 0 aliphatic carbocycles. The van der Waals surface area contributed by atoms with Crippen LogP contribution in [0.4, 0.5) is 13.2 Å². The van der Waals surface area contributed by atoms with Gasteiger partial charge in [0, 0.05) is 11.6 Å². The van der Waals surface area contributed by atoms with Crippen LogP contribution in [0.2, 0.25) is 10.0 Å². The number of alkyl halides is 3. The molecule has 0 spiro atoms. The van der Waals surface area contributed by atoms with Gasteiger partial charge in [-0.3, -0.25) is 0 Å². The lowest BCUT2D eigenvalue weighted by Gasteiger charge is -2.12. The Hall–Kier alpha value is -1.72. The molecule has 3 aromatic rings. The molecule has 0 saturated heterocycles. The Morgan fingerprint density at radius 1 is 1.00 bits per heavy atom. The summed E-state index contributed by atoms with van der Waals surface area (Å²) in [5, 5.41) is 4.88. The minimum Gasteiger partial charge on any atom is -0.237 e. The Kier molecular flexibility index (Phi) is 3.34. The molecule has 0 amide bonds. The van der Waals surface area contributed by atoms with Crippen LogP contribution in [0.3, 0.4) is 0 Å². The van der Waals surface area contributed by atoms with E-state index in [4.69, 9.17) is 23.2 Å². The molecule has 0 radical (unpaired) electrons. The van der Waals surface area contributed by atoms with Gasteiger partial charge in [-0.05, 0) is 18.2 Å². The van der Waals surface area contributed by atoms with E-state index < -0.39 is 11.7 Å². The molecule has 2 aromatic carbocycles. The molecule has 0 unspecified atom stereocenters. The van der Waals surface area contributed by atoms with Gasteiger partial charge in [-0.25, -0.2) is 4.68 Å². The summed E-state index contributed by atoms with van der Waals surface area (Å²) < 4.78 is 39.5. The van der Waals surface area contributed by atoms with E-state index in [-0.39, 0.29) is 15.7 Å². The third-order valence-corrected chi connectivity index (χ3v) is 3.56. The van der Waals surface area contributed by atoms with Gasteiger partial charge in [-0.2, -0.15) is 18.3 Å². The van der Waals surface area contributed by atoms with E-state index in [1.165, 1.54) is 4.68 Å². The highest BCUT2D eigenvalue weighted by Crippen LogP contribution is 2.37. The average molecular weight is 331 g/mol. The third-order valence-electron chi connectivity index (χ3n) is 2.99. The van der Waals surface area contributed by atoms with Gasteiger partial charge in [0.05, 0.1) is 21.1 Å². The summed E-state index contributed by atoms with van der Waals surface area (Å²) in [7, 11) is 0. The van der Waals surface area contributed by atoms with Crippen molar-refractivity contribution in [1.29, 1.82) is 0 Å². The van der Waals surface area contributed by atoms with Crippen LogP contribution in [0, 0.1) is 0 Å². The summed E-state index contributed by atoms with van der Waals surface area (Å²) >= 11 is 11.9. The van der Waals surface area contributed by atoms with Crippen LogP contribution in [0.5, 0.6) is 0 Å². The number of benzene rings is 2. The number of hydrogen-bond donors (Lipinski definition) is 0. The van der Waals surface area contributed by atoms with Gasteiger partial charge in [-0.15, -0.1) is 0 Å². The van der Waals surface area contributed by atoms with E-state index in [1.807, 2.05) is 18.2 Å². The Labute approximate surface area is 127 Å². The quantitative estimate of drug-likeness (QED) is 0.588. The maximum Gasteiger partial charge on any atom is 0.416 e. The largest absolute Gasteiger partial charge is 0.416 e. The van der Waals surface area contributed by atoms with E-state index in [2.05, 4.69) is 5.10 Å². The molecule has 2 nitrogen and oxygen atoms in total. The Balaban J connectivity index is 2.18. The van der Waals surface area contributed by atoms with Crippen LogP contribution in [0.15, 0.2) is 42.6 Å². The zero-order valence-electron chi connectivity index (χ0n) is 10.3. The van der Waals surface area contributed by atoms with Crippen molar-refractivity contribution in [2.75, 3.05) is 0 Å². The second-order valence-corrected chi connectivity index (χ2v) is 5.23. The molecule has 0 saturated carbocycles. The highest BCUT2D eigenvalue weighted by atomic mass is 35.5. The molecule has 0 aliphatic heterocycles. The standard InChI is InChI=1S/C14H7Cl2F3N2/c15-10-5-9(14(17,18)19)6-11(16)13(10)21-7-8-3-1-2-4-12(8)20-21/h1-7H. The van der Waals surface area contributed by atoms with Crippen LogP contribution >= 0.6 is 23.2 Å². The lowest BCUT2D eigenvalue weighted by molar-refractivity contribution is -0.137. The lowest BCUT2D eigenvalue weighted by atomic mass is 10.2. The average Bonchev–Trinajstić information content (AvgIpc) is 2.79. The van der Waals surface area contributed by atoms with Crippen molar-refractivity contribution in [2.24, 2.45) is 0 Å². The Bertz CT molecular complexity index is 768. The number of halogens is 5. The van der Waals surface area contributed by atoms with Gasteiger partial charge in [0.1, 0.15) is 5.69 Å². The molecule has 108 valence electrons. The maximum atomic E-state index is 12.7. The second kappa shape index (κ2) is 4.93. The second-order valence-electron chi connectivity index (χ2n) is 4.42. The molecule has 7 heteroatoms. The van der Waals surface area contributed by atoms with Gasteiger partial charge in [0.15, 0.2) is 0 Å². The molecule has 0 atom stereocenters. The van der Waals surface area contributed by atoms with E-state index in [0.717, 1.165) is 17.5 Å². The number of aromatic nitrogens is 2. The molecular weight excluding hydrogens is 324 g/mol. The SMILES string of the molecule is FC(F)(F)c1cc(Cl)c(-n2cc3ccccc3n2)c(Cl)c1. The van der Waals surface area contributed by atoms with Crippen molar-refractivity contribution in [2.45, 2.75) is 6.18 Å². The van der Waals surface area contributed by atoms with Crippen molar-refractivity contribution in [3.8, 4) is 5.69 Å². The van der Waals surface area contributed by atoms with Gasteiger partial charge in [0.2, 0.25) is 0 Å². The number of fused-ring (bicyclic) bond motifs is 1. The van der Waals surface area contributed by atoms with Crippen molar-refractivity contribution >= 4 is 34.1 Å². The summed E-state index contributed by atoms with van der Waals surface area (Å²) in [6.07, 6.45) is -2.84. The van der Waals surface area contributed by atoms with Crippen LogP contribution < -0.4 is 0 Å². The molecule has 3 rings (SSSR count). The van der Waals surface area contributed by atoms with Crippen LogP contribution in [-0.4, -0.2) is 9.78 Å². The predicted molar refractivity (Wildman–Crippen MR) is 76.1 cm³/mol. The van der Waals surface area contributed by atoms with Crippen molar-refractivity contribution in [3.63, 3.8) is 0 Å². The molecule has 21 heavy (non-hydrogen) atoms. The zero-order chi connectivity index (χ0) is 15.2. The topological polar surface area (TPSA) is 17.8 Å². The van der Waals surface area contributed by atoms with Crippen molar-refractivity contribution < 1.29 is 13.2 Å². The smallest absolute Gasteiger partial charge is 0.237 e. The predicted octanol–water partition coefficient (Wildman–Crippen LogP) is 5.35. The van der Waals surface area contributed by atoms with Gasteiger partial charge in [-0.1, -0.05) is 41.4 Å². The van der Waals surface area contributed by atoms with E-state index in [0.29, 0.717) is 5.52 Å². The van der Waals surface area contributed by atoms with Crippen LogP contribution in [0.1, 0.15) is 5.56 Å². The van der Waals surface area contributed by atoms with E-state index in [1.54, 1.807) is 12.3 Å². The first-order chi connectivity index (χ1) is 9.86. The van der Waals surface area contributed by atoms with Crippen molar-refractivity contribution in [3.05, 3.63) is 58.2 Å². The molecule has 1 heterocycles. The highest BCUT2D eigenvalue weighted by Gasteiger charge is 2.32. The number of nitrogens with zero attached hydrogens (tertiary/aromatic N) is 2. The normalized spacial score (nSPS) is 12.0. The maximum absolute atomic E-state index is 12.7. The Morgan fingerprint density at radius 3 is 2.19 bits per heavy atom. The summed E-state index contributed by atoms with van der Waals surface area (Å²) in [5.41, 5.74) is 0.0324. The molecule has 0 aliphatic rings. The number of hydrogen-bond acceptors (Lipinski definition) is 1. The summed E-state index contributed by atoms with van der Waals surface area (Å²) in [6, 6.07) is 8.96. The lowest BCUT2D eigenvalue weighted by Crippen LogP contribution is -2.06. The summed E-state index contributed by atoms with van der Waals surface area (Å²) in [5.74, 6) is 0. The summed E-state index contributed by atoms with van der Waals surface area (Å²) in [4.78, 5) is 0. The van der Waals surface area contributed by atoms with Gasteiger partial charge < -0.3 is 0 Å². The molecule has 0 fully saturated rings. The third kappa shape index (κ3) is 2.59. The zero-order valence-corrected chi connectivity index (χ0v) is 11.8. The highest BCUT2D eigenvalue weighted by molar-refractivity contribution is 6.37. The van der Waals surface area contributed by atoms with Gasteiger partial charge >= 0.3 is 6.18 Å². The summed E-state index contributed by atoms with van der Waals surface area (Å²) in [6.45, 7) is 0. The first kappa shape index (κ1) is 14.2. The molecule has 0 N–H and O–H groups in total. The monoisotopic (exact) mass is 330 g/mol. The molecule has 1 aromatic heterocycles. The fourth-order valence-corrected chi connectivity index (χ4v) is 2.69. The first-order valence-electron chi connectivity index (χ1n) is 5.87. The van der Waals surface area contributed by atoms with Gasteiger partial charge in [0.25, 0.3) is 0 Å². The molecular formula is C14H7Cl2F3N2. The fourth-order valence-electron chi connectivity index (χ4n) is 2.03. The van der Waals surface area contributed by atoms with Crippen molar-refractivity contribution in [1.82, 2.24) is 9.78 Å². The minimum atomic E-state index is -4.50. The number of rotatable bonds is 1. The molecule has 0 bridgehead atoms. The fraction of sp³-hybridized carbons (Fsp3) is 0.0714. The van der Waals surface area contributed by atoms with E-state index >= 15 is 0 Å². The first-order valence-corrected chi connectivity index (χ1v) is 6.63. The van der Waals surface area contributed by atoms with Crippen LogP contribution in [0.25, 0.3) is 16.6 Å². The van der Waals surface area contributed by atoms with E-state index in [9.17, 15) is 13.2 Å².